The summed E-state index contributed by atoms with van der Waals surface area (Å²) in [4.78, 5) is 24.5. The monoisotopic (exact) mass is 225 g/mol. The normalized spacial score (nSPS) is 29.8. The van der Waals surface area contributed by atoms with E-state index in [0.29, 0.717) is 12.5 Å². The lowest BCUT2D eigenvalue weighted by atomic mass is 9.94. The number of amides is 1. The molecule has 16 heavy (non-hydrogen) atoms. The van der Waals surface area contributed by atoms with E-state index in [4.69, 9.17) is 5.11 Å². The molecule has 0 heterocycles. The second kappa shape index (κ2) is 4.44. The maximum absolute atomic E-state index is 12.0. The minimum Gasteiger partial charge on any atom is -0.481 e. The van der Waals surface area contributed by atoms with E-state index in [1.165, 1.54) is 19.3 Å². The molecule has 0 aromatic carbocycles. The first-order chi connectivity index (χ1) is 7.61. The van der Waals surface area contributed by atoms with Crippen LogP contribution in [0.3, 0.4) is 0 Å². The van der Waals surface area contributed by atoms with Crippen LogP contribution in [0.15, 0.2) is 0 Å². The number of carbonyl (C=O) groups is 2. The predicted octanol–water partition coefficient (Wildman–Crippen LogP) is 1.50. The van der Waals surface area contributed by atoms with Crippen molar-refractivity contribution in [3.63, 3.8) is 0 Å². The number of carboxylic acids is 1. The zero-order valence-corrected chi connectivity index (χ0v) is 9.69. The number of aliphatic carboxylic acids is 1. The molecule has 0 bridgehead atoms. The topological polar surface area (TPSA) is 57.6 Å². The van der Waals surface area contributed by atoms with E-state index >= 15 is 0 Å². The zero-order chi connectivity index (χ0) is 11.7. The minimum atomic E-state index is -0.824. The van der Waals surface area contributed by atoms with Crippen molar-refractivity contribution in [3.05, 3.63) is 0 Å². The smallest absolute Gasteiger partial charge is 0.307 e. The number of hydrogen-bond donors (Lipinski definition) is 1. The third-order valence-corrected chi connectivity index (χ3v) is 3.89. The second-order valence-electron chi connectivity index (χ2n) is 5.03. The summed E-state index contributed by atoms with van der Waals surface area (Å²) in [6.45, 7) is 0. The van der Waals surface area contributed by atoms with Crippen molar-refractivity contribution in [3.8, 4) is 0 Å². The van der Waals surface area contributed by atoms with E-state index < -0.39 is 11.9 Å². The highest BCUT2D eigenvalue weighted by atomic mass is 16.4. The Hall–Kier alpha value is -1.06. The van der Waals surface area contributed by atoms with Crippen molar-refractivity contribution < 1.29 is 14.7 Å². The van der Waals surface area contributed by atoms with Gasteiger partial charge in [-0.1, -0.05) is 19.3 Å². The van der Waals surface area contributed by atoms with Crippen LogP contribution in [0.25, 0.3) is 0 Å². The van der Waals surface area contributed by atoms with Gasteiger partial charge in [0.15, 0.2) is 0 Å². The Balaban J connectivity index is 1.87. The molecule has 2 aliphatic rings. The minimum absolute atomic E-state index is 0.0410. The third-order valence-electron chi connectivity index (χ3n) is 3.89. The Morgan fingerprint density at radius 1 is 1.12 bits per heavy atom. The molecular formula is C12H19NO3. The summed E-state index contributed by atoms with van der Waals surface area (Å²) in [6, 6.07) is 0.344. The lowest BCUT2D eigenvalue weighted by Gasteiger charge is -2.31. The van der Waals surface area contributed by atoms with Crippen LogP contribution in [0.5, 0.6) is 0 Å². The summed E-state index contributed by atoms with van der Waals surface area (Å²) in [6.07, 6.45) is 6.33. The molecule has 4 nitrogen and oxygen atoms in total. The van der Waals surface area contributed by atoms with Gasteiger partial charge in [0.25, 0.3) is 0 Å². The van der Waals surface area contributed by atoms with Gasteiger partial charge in [-0.15, -0.1) is 0 Å². The van der Waals surface area contributed by atoms with Crippen LogP contribution in [-0.4, -0.2) is 35.0 Å². The van der Waals surface area contributed by atoms with E-state index in [0.717, 1.165) is 12.8 Å². The van der Waals surface area contributed by atoms with Gasteiger partial charge in [0.2, 0.25) is 5.91 Å². The van der Waals surface area contributed by atoms with Crippen molar-refractivity contribution in [2.75, 3.05) is 7.05 Å². The Morgan fingerprint density at radius 2 is 1.75 bits per heavy atom. The first kappa shape index (κ1) is 11.4. The SMILES string of the molecule is CN(C(=O)[C@@H]1C[C@@H]1C(=O)O)C1CCCCC1. The lowest BCUT2D eigenvalue weighted by Crippen LogP contribution is -2.39. The predicted molar refractivity (Wildman–Crippen MR) is 58.9 cm³/mol. The highest BCUT2D eigenvalue weighted by Gasteiger charge is 2.49. The maximum atomic E-state index is 12.0. The molecule has 1 N–H and O–H groups in total. The summed E-state index contributed by atoms with van der Waals surface area (Å²) in [5.41, 5.74) is 0. The van der Waals surface area contributed by atoms with Gasteiger partial charge in [-0.05, 0) is 19.3 Å². The van der Waals surface area contributed by atoms with E-state index in [2.05, 4.69) is 0 Å². The van der Waals surface area contributed by atoms with Crippen LogP contribution in [0.2, 0.25) is 0 Å². The Bertz CT molecular complexity index is 297. The fraction of sp³-hybridized carbons (Fsp3) is 0.833. The summed E-state index contributed by atoms with van der Waals surface area (Å²) >= 11 is 0. The van der Waals surface area contributed by atoms with Crippen LogP contribution >= 0.6 is 0 Å². The maximum Gasteiger partial charge on any atom is 0.307 e. The first-order valence-electron chi connectivity index (χ1n) is 6.10. The van der Waals surface area contributed by atoms with Crippen LogP contribution in [0, 0.1) is 11.8 Å². The Morgan fingerprint density at radius 3 is 2.25 bits per heavy atom. The van der Waals surface area contributed by atoms with Gasteiger partial charge in [0.1, 0.15) is 0 Å². The summed E-state index contributed by atoms with van der Waals surface area (Å²) in [5.74, 6) is -1.45. The molecule has 0 saturated heterocycles. The summed E-state index contributed by atoms with van der Waals surface area (Å²) in [5, 5.41) is 8.79. The fourth-order valence-electron chi connectivity index (χ4n) is 2.65. The highest BCUT2D eigenvalue weighted by molar-refractivity contribution is 5.89. The molecular weight excluding hydrogens is 206 g/mol. The van der Waals surface area contributed by atoms with Crippen molar-refractivity contribution in [2.24, 2.45) is 11.8 Å². The van der Waals surface area contributed by atoms with Gasteiger partial charge in [0.05, 0.1) is 11.8 Å². The van der Waals surface area contributed by atoms with Gasteiger partial charge in [0, 0.05) is 13.1 Å². The molecule has 90 valence electrons. The molecule has 0 spiro atoms. The van der Waals surface area contributed by atoms with Crippen molar-refractivity contribution >= 4 is 11.9 Å². The summed E-state index contributed by atoms with van der Waals surface area (Å²) in [7, 11) is 1.83. The molecule has 2 saturated carbocycles. The molecule has 2 atom stereocenters. The molecule has 0 aromatic heterocycles. The molecule has 2 rings (SSSR count). The van der Waals surface area contributed by atoms with E-state index in [-0.39, 0.29) is 11.8 Å². The van der Waals surface area contributed by atoms with Crippen LogP contribution in [0.4, 0.5) is 0 Å². The molecule has 2 aliphatic carbocycles. The fourth-order valence-corrected chi connectivity index (χ4v) is 2.65. The van der Waals surface area contributed by atoms with Crippen molar-refractivity contribution in [2.45, 2.75) is 44.6 Å². The highest BCUT2D eigenvalue weighted by Crippen LogP contribution is 2.40. The molecule has 0 radical (unpaired) electrons. The molecule has 0 aliphatic heterocycles. The first-order valence-corrected chi connectivity index (χ1v) is 6.10. The van der Waals surface area contributed by atoms with Gasteiger partial charge in [-0.2, -0.15) is 0 Å². The lowest BCUT2D eigenvalue weighted by molar-refractivity contribution is -0.142. The van der Waals surface area contributed by atoms with Gasteiger partial charge < -0.3 is 10.0 Å². The zero-order valence-electron chi connectivity index (χ0n) is 9.69. The standard InChI is InChI=1S/C12H19NO3/c1-13(8-5-3-2-4-6-8)11(14)9-7-10(9)12(15)16/h8-10H,2-7H2,1H3,(H,15,16)/t9-,10+/m1/s1. The molecule has 0 aromatic rings. The number of carbonyl (C=O) groups excluding carboxylic acids is 1. The quantitative estimate of drug-likeness (QED) is 0.791. The summed E-state index contributed by atoms with van der Waals surface area (Å²) < 4.78 is 0. The van der Waals surface area contributed by atoms with Crippen LogP contribution < -0.4 is 0 Å². The molecule has 2 fully saturated rings. The number of hydrogen-bond acceptors (Lipinski definition) is 2. The number of nitrogens with zero attached hydrogens (tertiary/aromatic N) is 1. The Labute approximate surface area is 95.6 Å². The molecule has 4 heteroatoms. The number of carboxylic acid groups (broad SMARTS) is 1. The largest absolute Gasteiger partial charge is 0.481 e. The molecule has 0 unspecified atom stereocenters. The van der Waals surface area contributed by atoms with Gasteiger partial charge >= 0.3 is 5.97 Å². The van der Waals surface area contributed by atoms with Crippen molar-refractivity contribution in [1.29, 1.82) is 0 Å². The van der Waals surface area contributed by atoms with Gasteiger partial charge in [-0.25, -0.2) is 0 Å². The van der Waals surface area contributed by atoms with E-state index in [1.54, 1.807) is 4.90 Å². The molecule has 1 amide bonds. The van der Waals surface area contributed by atoms with Crippen LogP contribution in [0.1, 0.15) is 38.5 Å². The van der Waals surface area contributed by atoms with E-state index in [1.807, 2.05) is 7.05 Å². The number of rotatable bonds is 3. The average molecular weight is 225 g/mol. The third kappa shape index (κ3) is 2.20. The van der Waals surface area contributed by atoms with Crippen LogP contribution in [-0.2, 0) is 9.59 Å². The average Bonchev–Trinajstić information content (AvgIpc) is 3.08. The Kier molecular flexibility index (Phi) is 3.17. The van der Waals surface area contributed by atoms with Crippen molar-refractivity contribution in [1.82, 2.24) is 4.90 Å². The second-order valence-corrected chi connectivity index (χ2v) is 5.03. The van der Waals surface area contributed by atoms with E-state index in [9.17, 15) is 9.59 Å². The van der Waals surface area contributed by atoms with Gasteiger partial charge in [-0.3, -0.25) is 9.59 Å².